The molecule has 3 rings (SSSR count). The molecule has 0 atom stereocenters. The third-order valence-electron chi connectivity index (χ3n) is 3.28. The number of benzene rings is 2. The van der Waals surface area contributed by atoms with Gasteiger partial charge in [0.2, 0.25) is 5.90 Å². The molecule has 8 heteroatoms. The van der Waals surface area contributed by atoms with Crippen LogP contribution in [0.3, 0.4) is 0 Å². The molecule has 0 unspecified atom stereocenters. The SMILES string of the molecule is CC(=O)Oc1c(Br)cc(C=C2N=C(c3ccc(I)cc3)OC2=O)cc1Br. The van der Waals surface area contributed by atoms with Crippen molar-refractivity contribution in [2.45, 2.75) is 6.92 Å². The maximum absolute atomic E-state index is 12.1. The van der Waals surface area contributed by atoms with E-state index < -0.39 is 11.9 Å². The molecule has 0 aliphatic carbocycles. The van der Waals surface area contributed by atoms with Gasteiger partial charge in [-0.2, -0.15) is 0 Å². The molecule has 0 amide bonds. The minimum Gasteiger partial charge on any atom is -0.424 e. The molecule has 2 aromatic carbocycles. The van der Waals surface area contributed by atoms with Crippen molar-refractivity contribution in [3.05, 3.63) is 65.7 Å². The molecule has 0 aromatic heterocycles. The van der Waals surface area contributed by atoms with Gasteiger partial charge in [-0.05, 0) is 102 Å². The monoisotopic (exact) mass is 589 g/mol. The lowest BCUT2D eigenvalue weighted by atomic mass is 10.2. The number of carbonyl (C=O) groups excluding carboxylic acids is 2. The minimum absolute atomic E-state index is 0.192. The van der Waals surface area contributed by atoms with Crippen molar-refractivity contribution >= 4 is 78.4 Å². The summed E-state index contributed by atoms with van der Waals surface area (Å²) in [7, 11) is 0. The fourth-order valence-electron chi connectivity index (χ4n) is 2.19. The summed E-state index contributed by atoms with van der Waals surface area (Å²) >= 11 is 8.91. The highest BCUT2D eigenvalue weighted by molar-refractivity contribution is 14.1. The molecule has 0 spiro atoms. The van der Waals surface area contributed by atoms with E-state index in [4.69, 9.17) is 9.47 Å². The highest BCUT2D eigenvalue weighted by atomic mass is 127. The van der Waals surface area contributed by atoms with E-state index in [1.807, 2.05) is 24.3 Å². The zero-order chi connectivity index (χ0) is 18.8. The Labute approximate surface area is 179 Å². The van der Waals surface area contributed by atoms with Crippen molar-refractivity contribution in [3.8, 4) is 5.75 Å². The van der Waals surface area contributed by atoms with E-state index in [2.05, 4.69) is 59.4 Å². The summed E-state index contributed by atoms with van der Waals surface area (Å²) in [6, 6.07) is 11.0. The molecule has 0 fully saturated rings. The van der Waals surface area contributed by atoms with Crippen molar-refractivity contribution in [1.29, 1.82) is 0 Å². The van der Waals surface area contributed by atoms with Crippen molar-refractivity contribution in [2.24, 2.45) is 4.99 Å². The van der Waals surface area contributed by atoms with Crippen LogP contribution in [0.4, 0.5) is 0 Å². The van der Waals surface area contributed by atoms with Gasteiger partial charge in [0.25, 0.3) is 0 Å². The Kier molecular flexibility index (Phi) is 5.93. The second-order valence-corrected chi connectivity index (χ2v) is 8.20. The van der Waals surface area contributed by atoms with Crippen LogP contribution in [0.25, 0.3) is 6.08 Å². The van der Waals surface area contributed by atoms with Crippen molar-refractivity contribution in [3.63, 3.8) is 0 Å². The fourth-order valence-corrected chi connectivity index (χ4v) is 3.93. The van der Waals surface area contributed by atoms with E-state index in [9.17, 15) is 9.59 Å². The number of halogens is 3. The third-order valence-corrected chi connectivity index (χ3v) is 5.18. The van der Waals surface area contributed by atoms with Crippen LogP contribution in [-0.4, -0.2) is 17.8 Å². The largest absolute Gasteiger partial charge is 0.424 e. The van der Waals surface area contributed by atoms with Gasteiger partial charge < -0.3 is 9.47 Å². The van der Waals surface area contributed by atoms with Gasteiger partial charge in [-0.1, -0.05) is 0 Å². The first-order chi connectivity index (χ1) is 12.3. The van der Waals surface area contributed by atoms with Gasteiger partial charge >= 0.3 is 11.9 Å². The number of cyclic esters (lactones) is 1. The summed E-state index contributed by atoms with van der Waals surface area (Å²) in [6.45, 7) is 1.32. The lowest BCUT2D eigenvalue weighted by molar-refractivity contribution is -0.132. The first-order valence-corrected chi connectivity index (χ1v) is 9.96. The van der Waals surface area contributed by atoms with E-state index in [0.717, 1.165) is 9.13 Å². The molecule has 0 saturated carbocycles. The van der Waals surface area contributed by atoms with Crippen LogP contribution in [0.2, 0.25) is 0 Å². The van der Waals surface area contributed by atoms with Crippen molar-refractivity contribution < 1.29 is 19.1 Å². The van der Waals surface area contributed by atoms with E-state index in [1.165, 1.54) is 6.92 Å². The summed E-state index contributed by atoms with van der Waals surface area (Å²) in [4.78, 5) is 27.6. The Balaban J connectivity index is 1.93. The first-order valence-electron chi connectivity index (χ1n) is 7.29. The molecule has 132 valence electrons. The van der Waals surface area contributed by atoms with Crippen LogP contribution in [0.1, 0.15) is 18.1 Å². The normalized spacial score (nSPS) is 15.0. The fraction of sp³-hybridized carbons (Fsp3) is 0.0556. The number of esters is 2. The van der Waals surface area contributed by atoms with Crippen molar-refractivity contribution in [1.82, 2.24) is 0 Å². The van der Waals surface area contributed by atoms with E-state index in [-0.39, 0.29) is 11.6 Å². The third kappa shape index (κ3) is 4.41. The predicted molar refractivity (Wildman–Crippen MR) is 113 cm³/mol. The number of nitrogens with zero attached hydrogens (tertiary/aromatic N) is 1. The molecule has 0 saturated heterocycles. The standard InChI is InChI=1S/C18H10Br2INO4/c1-9(23)25-16-13(19)6-10(7-14(16)20)8-15-18(24)26-17(22-15)11-2-4-12(21)5-3-11/h2-8H,1H3. The van der Waals surface area contributed by atoms with Gasteiger partial charge in [0, 0.05) is 16.1 Å². The predicted octanol–water partition coefficient (Wildman–Crippen LogP) is 5.09. The number of carbonyl (C=O) groups is 2. The van der Waals surface area contributed by atoms with Crippen LogP contribution in [0, 0.1) is 3.57 Å². The summed E-state index contributed by atoms with van der Waals surface area (Å²) in [5.41, 5.74) is 1.62. The summed E-state index contributed by atoms with van der Waals surface area (Å²) in [5, 5.41) is 0. The zero-order valence-corrected chi connectivity index (χ0v) is 18.6. The Hall–Kier alpha value is -1.52. The van der Waals surface area contributed by atoms with Gasteiger partial charge in [-0.25, -0.2) is 9.79 Å². The molecule has 0 radical (unpaired) electrons. The lowest BCUT2D eigenvalue weighted by Crippen LogP contribution is -2.05. The van der Waals surface area contributed by atoms with E-state index in [1.54, 1.807) is 18.2 Å². The van der Waals surface area contributed by atoms with Crippen LogP contribution in [0.15, 0.2) is 56.0 Å². The van der Waals surface area contributed by atoms with E-state index in [0.29, 0.717) is 20.3 Å². The lowest BCUT2D eigenvalue weighted by Gasteiger charge is -2.08. The Bertz CT molecular complexity index is 945. The second kappa shape index (κ2) is 8.01. The second-order valence-electron chi connectivity index (χ2n) is 5.25. The average Bonchev–Trinajstić information content (AvgIpc) is 2.92. The first kappa shape index (κ1) is 19.2. The number of hydrogen-bond acceptors (Lipinski definition) is 5. The van der Waals surface area contributed by atoms with Crippen LogP contribution in [-0.2, 0) is 14.3 Å². The maximum atomic E-state index is 12.1. The van der Waals surface area contributed by atoms with E-state index >= 15 is 0 Å². The summed E-state index contributed by atoms with van der Waals surface area (Å²) in [6.07, 6.45) is 1.61. The summed E-state index contributed by atoms with van der Waals surface area (Å²) in [5.74, 6) is -0.303. The molecule has 0 bridgehead atoms. The molecular formula is C18H10Br2INO4. The molecule has 1 heterocycles. The van der Waals surface area contributed by atoms with Crippen LogP contribution >= 0.6 is 54.5 Å². The molecule has 1 aliphatic heterocycles. The van der Waals surface area contributed by atoms with Gasteiger partial charge in [0.05, 0.1) is 8.95 Å². The Morgan fingerprint density at radius 2 is 1.81 bits per heavy atom. The number of aliphatic imine (C=N–C) groups is 1. The van der Waals surface area contributed by atoms with Crippen LogP contribution < -0.4 is 4.74 Å². The zero-order valence-electron chi connectivity index (χ0n) is 13.3. The molecule has 1 aliphatic rings. The van der Waals surface area contributed by atoms with Gasteiger partial charge in [0.15, 0.2) is 11.4 Å². The topological polar surface area (TPSA) is 65.0 Å². The Morgan fingerprint density at radius 1 is 1.19 bits per heavy atom. The molecule has 26 heavy (non-hydrogen) atoms. The average molecular weight is 591 g/mol. The van der Waals surface area contributed by atoms with Crippen molar-refractivity contribution in [2.75, 3.05) is 0 Å². The van der Waals surface area contributed by atoms with Gasteiger partial charge in [-0.15, -0.1) is 0 Å². The molecule has 2 aromatic rings. The molecule has 5 nitrogen and oxygen atoms in total. The minimum atomic E-state index is -0.519. The van der Waals surface area contributed by atoms with Gasteiger partial charge in [0.1, 0.15) is 0 Å². The highest BCUT2D eigenvalue weighted by Crippen LogP contribution is 2.36. The van der Waals surface area contributed by atoms with Crippen LogP contribution in [0.5, 0.6) is 5.75 Å². The smallest absolute Gasteiger partial charge is 0.363 e. The molecular weight excluding hydrogens is 581 g/mol. The highest BCUT2D eigenvalue weighted by Gasteiger charge is 2.24. The summed E-state index contributed by atoms with van der Waals surface area (Å²) < 4.78 is 12.6. The quantitative estimate of drug-likeness (QED) is 0.216. The number of rotatable bonds is 3. The molecule has 0 N–H and O–H groups in total. The Morgan fingerprint density at radius 3 is 2.38 bits per heavy atom. The number of ether oxygens (including phenoxy) is 2. The maximum Gasteiger partial charge on any atom is 0.363 e. The van der Waals surface area contributed by atoms with Gasteiger partial charge in [-0.3, -0.25) is 4.79 Å². The number of hydrogen-bond donors (Lipinski definition) is 0.